The van der Waals surface area contributed by atoms with Gasteiger partial charge in [-0.1, -0.05) is 194 Å². The lowest BCUT2D eigenvalue weighted by Gasteiger charge is -2.26. The van der Waals surface area contributed by atoms with Crippen molar-refractivity contribution in [1.29, 1.82) is 0 Å². The molecule has 0 unspecified atom stereocenters. The summed E-state index contributed by atoms with van der Waals surface area (Å²) in [7, 11) is 0. The van der Waals surface area contributed by atoms with Gasteiger partial charge in [-0.05, 0) is 110 Å². The van der Waals surface area contributed by atoms with E-state index in [1.807, 2.05) is 85.0 Å². The van der Waals surface area contributed by atoms with Gasteiger partial charge in [-0.25, -0.2) is 9.69 Å². The number of hydrogen-bond donors (Lipinski definition) is 2. The van der Waals surface area contributed by atoms with E-state index in [4.69, 9.17) is 23.4 Å². The fraction of sp³-hybridized carbons (Fsp3) is 0. The Balaban J connectivity index is 1.11. The van der Waals surface area contributed by atoms with E-state index >= 15 is 0 Å². The van der Waals surface area contributed by atoms with Crippen molar-refractivity contribution in [1.82, 2.24) is 0 Å². The van der Waals surface area contributed by atoms with Crippen LogP contribution in [0, 0.1) is 13.1 Å². The molecule has 0 saturated heterocycles. The smallest absolute Gasteiger partial charge is 0.333 e. The third kappa shape index (κ3) is 12.8. The lowest BCUT2D eigenvalue weighted by atomic mass is 9.95. The Labute approximate surface area is 390 Å². The summed E-state index contributed by atoms with van der Waals surface area (Å²) in [6.45, 7) is 14.1. The third-order valence-corrected chi connectivity index (χ3v) is 10.5. The average molecular weight is 870 g/mol. The summed E-state index contributed by atoms with van der Waals surface area (Å²) >= 11 is 0. The van der Waals surface area contributed by atoms with Gasteiger partial charge in [-0.2, -0.15) is 0 Å². The Morgan fingerprint density at radius 3 is 0.940 bits per heavy atom. The van der Waals surface area contributed by atoms with Gasteiger partial charge in [0.05, 0.1) is 13.1 Å². The van der Waals surface area contributed by atoms with E-state index < -0.39 is 11.9 Å². The number of allylic oxidation sites excluding steroid dienone is 4. The molecular formula is C60H43N3O4. The van der Waals surface area contributed by atoms with Crippen molar-refractivity contribution in [3.8, 4) is 0 Å². The number of aliphatic carboxylic acids is 2. The molecule has 7 nitrogen and oxygen atoms in total. The van der Waals surface area contributed by atoms with E-state index in [0.717, 1.165) is 61.6 Å². The minimum atomic E-state index is -1.25. The minimum Gasteiger partial charge on any atom is -0.486 e. The zero-order valence-corrected chi connectivity index (χ0v) is 36.2. The van der Waals surface area contributed by atoms with Gasteiger partial charge in [0.15, 0.2) is 0 Å². The molecule has 7 aromatic rings. The summed E-state index contributed by atoms with van der Waals surface area (Å²) in [5, 5.41) is 18.3. The van der Waals surface area contributed by atoms with Crippen LogP contribution in [0.25, 0.3) is 57.8 Å². The molecule has 2 N–H and O–H groups in total. The van der Waals surface area contributed by atoms with Crippen LogP contribution in [0.3, 0.4) is 0 Å². The summed E-state index contributed by atoms with van der Waals surface area (Å²) in [4.78, 5) is 30.7. The van der Waals surface area contributed by atoms with Crippen molar-refractivity contribution in [2.75, 3.05) is 4.90 Å². The number of benzene rings is 7. The Morgan fingerprint density at radius 2 is 0.642 bits per heavy atom. The first-order valence-electron chi connectivity index (χ1n) is 21.2. The maximum Gasteiger partial charge on any atom is 0.333 e. The first-order valence-corrected chi connectivity index (χ1v) is 21.2. The molecule has 0 aliphatic carbocycles. The quantitative estimate of drug-likeness (QED) is 0.0437. The van der Waals surface area contributed by atoms with Crippen LogP contribution in [0.1, 0.15) is 50.1 Å². The van der Waals surface area contributed by atoms with Gasteiger partial charge in [0, 0.05) is 17.1 Å². The second-order valence-electron chi connectivity index (χ2n) is 15.1. The highest BCUT2D eigenvalue weighted by atomic mass is 16.4. The van der Waals surface area contributed by atoms with Crippen molar-refractivity contribution in [3.05, 3.63) is 291 Å². The molecule has 0 aliphatic heterocycles. The van der Waals surface area contributed by atoms with E-state index in [2.05, 4.69) is 142 Å². The SMILES string of the molecule is [C-]#[N+]C(=Cc1ccc(C=CC=Cc2ccc(N(c3ccc(C=CC=Cc4ccc(C=C([N+]#[C-])C(=O)O)cc4)cc3)c3ccc(C=C(c4ccccc4)c4ccccc4)cc3)cc2)cc1)C(=O)O. The molecular weight excluding hydrogens is 827 g/mol. The van der Waals surface area contributed by atoms with Gasteiger partial charge in [0.25, 0.3) is 11.4 Å². The van der Waals surface area contributed by atoms with Crippen LogP contribution in [-0.4, -0.2) is 22.2 Å². The van der Waals surface area contributed by atoms with E-state index in [1.54, 1.807) is 24.3 Å². The number of carboxylic acids is 2. The van der Waals surface area contributed by atoms with E-state index in [0.29, 0.717) is 11.1 Å². The van der Waals surface area contributed by atoms with E-state index in [1.165, 1.54) is 12.2 Å². The largest absolute Gasteiger partial charge is 0.486 e. The molecule has 7 aromatic carbocycles. The maximum absolute atomic E-state index is 11.2. The molecule has 0 spiro atoms. The van der Waals surface area contributed by atoms with Crippen LogP contribution in [-0.2, 0) is 9.59 Å². The maximum atomic E-state index is 11.2. The summed E-state index contributed by atoms with van der Waals surface area (Å²) < 4.78 is 0. The molecule has 0 saturated carbocycles. The van der Waals surface area contributed by atoms with E-state index in [9.17, 15) is 9.59 Å². The summed E-state index contributed by atoms with van der Waals surface area (Å²) in [5.41, 5.74) is 12.1. The van der Waals surface area contributed by atoms with Crippen molar-refractivity contribution in [2.24, 2.45) is 0 Å². The van der Waals surface area contributed by atoms with Gasteiger partial charge in [0.1, 0.15) is 0 Å². The van der Waals surface area contributed by atoms with Crippen LogP contribution >= 0.6 is 0 Å². The van der Waals surface area contributed by atoms with Crippen molar-refractivity contribution < 1.29 is 19.8 Å². The van der Waals surface area contributed by atoms with Crippen LogP contribution < -0.4 is 4.90 Å². The molecule has 0 aromatic heterocycles. The zero-order valence-electron chi connectivity index (χ0n) is 36.2. The molecule has 322 valence electrons. The molecule has 0 radical (unpaired) electrons. The predicted molar refractivity (Wildman–Crippen MR) is 274 cm³/mol. The Kier molecular flexibility index (Phi) is 15.4. The highest BCUT2D eigenvalue weighted by Gasteiger charge is 2.13. The molecule has 0 heterocycles. The van der Waals surface area contributed by atoms with Gasteiger partial charge >= 0.3 is 11.9 Å². The molecule has 67 heavy (non-hydrogen) atoms. The molecule has 0 aliphatic rings. The summed E-state index contributed by atoms with van der Waals surface area (Å²) in [6, 6.07) is 60.9. The van der Waals surface area contributed by atoms with Crippen LogP contribution in [0.4, 0.5) is 17.1 Å². The average Bonchev–Trinajstić information content (AvgIpc) is 3.37. The molecule has 0 bridgehead atoms. The van der Waals surface area contributed by atoms with Gasteiger partial charge in [-0.3, -0.25) is 9.59 Å². The molecule has 0 atom stereocenters. The highest BCUT2D eigenvalue weighted by Crippen LogP contribution is 2.36. The third-order valence-electron chi connectivity index (χ3n) is 10.5. The topological polar surface area (TPSA) is 86.6 Å². The Morgan fingerprint density at radius 1 is 0.373 bits per heavy atom. The van der Waals surface area contributed by atoms with Crippen molar-refractivity contribution in [3.63, 3.8) is 0 Å². The lowest BCUT2D eigenvalue weighted by molar-refractivity contribution is -0.133. The number of anilines is 3. The van der Waals surface area contributed by atoms with Crippen molar-refractivity contribution in [2.45, 2.75) is 0 Å². The lowest BCUT2D eigenvalue weighted by Crippen LogP contribution is -2.09. The fourth-order valence-electron chi connectivity index (χ4n) is 7.04. The Hall–Kier alpha value is -9.56. The highest BCUT2D eigenvalue weighted by molar-refractivity contribution is 5.95. The molecule has 7 heteroatoms. The number of carboxylic acid groups (broad SMARTS) is 2. The minimum absolute atomic E-state index is 0.328. The number of nitrogens with zero attached hydrogens (tertiary/aromatic N) is 3. The van der Waals surface area contributed by atoms with Gasteiger partial charge < -0.3 is 15.1 Å². The number of hydrogen-bond acceptors (Lipinski definition) is 3. The summed E-state index contributed by atoms with van der Waals surface area (Å²) in [6.07, 6.45) is 20.8. The van der Waals surface area contributed by atoms with Crippen molar-refractivity contribution >= 4 is 77.1 Å². The predicted octanol–water partition coefficient (Wildman–Crippen LogP) is 14.9. The van der Waals surface area contributed by atoms with Crippen LogP contribution in [0.15, 0.2) is 218 Å². The summed E-state index contributed by atoms with van der Waals surface area (Å²) in [5.74, 6) is -2.49. The van der Waals surface area contributed by atoms with Gasteiger partial charge in [0.2, 0.25) is 0 Å². The monoisotopic (exact) mass is 869 g/mol. The first-order chi connectivity index (χ1) is 32.8. The normalized spacial score (nSPS) is 11.7. The zero-order chi connectivity index (χ0) is 46.8. The first kappa shape index (κ1) is 45.5. The molecule has 0 amide bonds. The second kappa shape index (κ2) is 22.7. The standard InChI is InChI=1S/C60H43N3O4/c1-61-57(59(64)65)42-49-25-21-44(22-26-49)13-9-11-15-46-29-35-53(36-30-46)63(55-39-33-48(34-40-55)41-56(51-17-5-3-6-18-51)52-19-7-4-8-20-52)54-37-31-47(32-38-54)16-12-10-14-45-23-27-50(28-24-45)43-58(62-2)60(66)67/h3-43H,(H,64,65)(H,66,67). The Bertz CT molecular complexity index is 2940. The second-order valence-corrected chi connectivity index (χ2v) is 15.1. The van der Waals surface area contributed by atoms with Crippen LogP contribution in [0.5, 0.6) is 0 Å². The van der Waals surface area contributed by atoms with Crippen LogP contribution in [0.2, 0.25) is 0 Å². The van der Waals surface area contributed by atoms with E-state index in [-0.39, 0.29) is 11.4 Å². The fourth-order valence-corrected chi connectivity index (χ4v) is 7.04. The number of carbonyl (C=O) groups is 2. The molecule has 7 rings (SSSR count). The molecule has 0 fully saturated rings. The number of rotatable bonds is 16. The van der Waals surface area contributed by atoms with Gasteiger partial charge in [-0.15, -0.1) is 0 Å².